The number of nitrogens with one attached hydrogen (secondary N) is 2. The van der Waals surface area contributed by atoms with Crippen LogP contribution >= 0.6 is 11.8 Å². The predicted molar refractivity (Wildman–Crippen MR) is 98.4 cm³/mol. The zero-order chi connectivity index (χ0) is 17.9. The summed E-state index contributed by atoms with van der Waals surface area (Å²) in [7, 11) is 0. The lowest BCUT2D eigenvalue weighted by Gasteiger charge is -2.13. The van der Waals surface area contributed by atoms with Crippen LogP contribution < -0.4 is 10.9 Å². The van der Waals surface area contributed by atoms with Crippen LogP contribution in [0.5, 0.6) is 0 Å². The molecular formula is C17H18N6O2S. The molecule has 2 aromatic heterocycles. The number of carbonyl (C=O) groups is 1. The van der Waals surface area contributed by atoms with Crippen molar-refractivity contribution in [3.63, 3.8) is 0 Å². The summed E-state index contributed by atoms with van der Waals surface area (Å²) in [5, 5.41) is 10.4. The number of fused-ring (bicyclic) bond motifs is 1. The molecule has 1 amide bonds. The van der Waals surface area contributed by atoms with Gasteiger partial charge >= 0.3 is 0 Å². The number of amides is 1. The number of hydrogen-bond acceptors (Lipinski definition) is 6. The molecule has 2 N–H and O–H groups in total. The van der Waals surface area contributed by atoms with Crippen molar-refractivity contribution < 1.29 is 4.79 Å². The van der Waals surface area contributed by atoms with E-state index in [9.17, 15) is 9.59 Å². The van der Waals surface area contributed by atoms with Crippen molar-refractivity contribution in [2.45, 2.75) is 36.9 Å². The number of carbonyl (C=O) groups excluding carboxylic acids is 1. The monoisotopic (exact) mass is 370 g/mol. The first-order valence-electron chi connectivity index (χ1n) is 8.52. The molecule has 0 atom stereocenters. The lowest BCUT2D eigenvalue weighted by atomic mass is 10.2. The molecule has 0 unspecified atom stereocenters. The van der Waals surface area contributed by atoms with Crippen molar-refractivity contribution in [2.24, 2.45) is 0 Å². The Hall–Kier alpha value is -2.68. The zero-order valence-electron chi connectivity index (χ0n) is 14.0. The summed E-state index contributed by atoms with van der Waals surface area (Å²) in [5.41, 5.74) is 0.345. The fourth-order valence-electron chi connectivity index (χ4n) is 3.17. The van der Waals surface area contributed by atoms with Crippen molar-refractivity contribution in [3.05, 3.63) is 40.9 Å². The molecule has 26 heavy (non-hydrogen) atoms. The smallest absolute Gasteiger partial charge is 0.269 e. The summed E-state index contributed by atoms with van der Waals surface area (Å²) in [5.74, 6) is 0.426. The third kappa shape index (κ3) is 3.34. The first kappa shape index (κ1) is 16.8. The molecular weight excluding hydrogens is 352 g/mol. The van der Waals surface area contributed by atoms with E-state index >= 15 is 0 Å². The molecule has 3 aromatic rings. The Morgan fingerprint density at radius 1 is 1.31 bits per heavy atom. The predicted octanol–water partition coefficient (Wildman–Crippen LogP) is 1.65. The minimum Gasteiger partial charge on any atom is -0.353 e. The Bertz CT molecular complexity index is 979. The van der Waals surface area contributed by atoms with Gasteiger partial charge in [0.15, 0.2) is 5.16 Å². The largest absolute Gasteiger partial charge is 0.353 e. The molecule has 0 spiro atoms. The lowest BCUT2D eigenvalue weighted by Crippen LogP contribution is -2.34. The van der Waals surface area contributed by atoms with E-state index < -0.39 is 0 Å². The molecule has 9 heteroatoms. The Balaban J connectivity index is 1.63. The third-order valence-corrected chi connectivity index (χ3v) is 5.35. The van der Waals surface area contributed by atoms with E-state index in [0.29, 0.717) is 16.1 Å². The normalized spacial score (nSPS) is 14.8. The van der Waals surface area contributed by atoms with Crippen molar-refractivity contribution in [1.29, 1.82) is 0 Å². The Morgan fingerprint density at radius 3 is 2.88 bits per heavy atom. The second-order valence-electron chi connectivity index (χ2n) is 6.20. The van der Waals surface area contributed by atoms with Gasteiger partial charge < -0.3 is 5.32 Å². The van der Waals surface area contributed by atoms with Gasteiger partial charge in [-0.1, -0.05) is 36.7 Å². The molecule has 0 saturated heterocycles. The van der Waals surface area contributed by atoms with Gasteiger partial charge in [0, 0.05) is 6.04 Å². The average Bonchev–Trinajstić information content (AvgIpc) is 3.34. The van der Waals surface area contributed by atoms with Crippen LogP contribution in [0.1, 0.15) is 25.7 Å². The number of aromatic nitrogens is 5. The van der Waals surface area contributed by atoms with Gasteiger partial charge in [0.05, 0.1) is 16.7 Å². The van der Waals surface area contributed by atoms with Gasteiger partial charge in [0.1, 0.15) is 6.33 Å². The van der Waals surface area contributed by atoms with Crippen LogP contribution in [0, 0.1) is 0 Å². The summed E-state index contributed by atoms with van der Waals surface area (Å²) >= 11 is 1.22. The van der Waals surface area contributed by atoms with E-state index in [0.717, 1.165) is 25.7 Å². The van der Waals surface area contributed by atoms with Crippen LogP contribution in [0.15, 0.2) is 40.5 Å². The highest BCUT2D eigenvalue weighted by atomic mass is 32.2. The van der Waals surface area contributed by atoms with E-state index in [4.69, 9.17) is 0 Å². The maximum atomic E-state index is 12.9. The van der Waals surface area contributed by atoms with Gasteiger partial charge in [0.2, 0.25) is 11.9 Å². The molecule has 0 bridgehead atoms. The highest BCUT2D eigenvalue weighted by Crippen LogP contribution is 2.21. The fourth-order valence-corrected chi connectivity index (χ4v) is 3.98. The summed E-state index contributed by atoms with van der Waals surface area (Å²) in [6, 6.07) is 7.39. The van der Waals surface area contributed by atoms with Crippen LogP contribution in [0.2, 0.25) is 0 Å². The minimum atomic E-state index is -0.244. The second kappa shape index (κ2) is 7.28. The first-order chi connectivity index (χ1) is 12.7. The van der Waals surface area contributed by atoms with Crippen molar-refractivity contribution in [2.75, 3.05) is 5.75 Å². The number of para-hydroxylation sites is 1. The molecule has 1 aromatic carbocycles. The number of rotatable bonds is 5. The Labute approximate surface area is 153 Å². The van der Waals surface area contributed by atoms with Gasteiger partial charge in [-0.3, -0.25) is 9.59 Å². The van der Waals surface area contributed by atoms with Crippen molar-refractivity contribution >= 4 is 28.6 Å². The van der Waals surface area contributed by atoms with Crippen LogP contribution in [-0.4, -0.2) is 42.4 Å². The molecule has 8 nitrogen and oxygen atoms in total. The summed E-state index contributed by atoms with van der Waals surface area (Å²) < 4.78 is 1.36. The van der Waals surface area contributed by atoms with Gasteiger partial charge in [-0.2, -0.15) is 10.1 Å². The Morgan fingerprint density at radius 2 is 2.12 bits per heavy atom. The first-order valence-corrected chi connectivity index (χ1v) is 9.50. The zero-order valence-corrected chi connectivity index (χ0v) is 14.8. The summed E-state index contributed by atoms with van der Waals surface area (Å²) in [6.07, 6.45) is 5.73. The molecule has 2 heterocycles. The standard InChI is InChI=1S/C17H18N6O2S/c24-14(20-11-5-1-2-6-11)9-26-17-21-13-8-4-3-7-12(13)15(25)23(17)16-18-10-19-22-16/h3-4,7-8,10-11H,1-2,5-6,9H2,(H,20,24)(H,18,19,22). The third-order valence-electron chi connectivity index (χ3n) is 4.41. The molecule has 1 aliphatic carbocycles. The minimum absolute atomic E-state index is 0.0478. The maximum Gasteiger partial charge on any atom is 0.269 e. The van der Waals surface area contributed by atoms with Crippen LogP contribution in [0.25, 0.3) is 16.9 Å². The molecule has 0 aliphatic heterocycles. The number of thioether (sulfide) groups is 1. The van der Waals surface area contributed by atoms with E-state index in [2.05, 4.69) is 25.5 Å². The SMILES string of the molecule is O=C(CSc1nc2ccccc2c(=O)n1-c1ncn[nH]1)NC1CCCC1. The molecule has 1 saturated carbocycles. The number of aromatic amines is 1. The van der Waals surface area contributed by atoms with Crippen LogP contribution in [-0.2, 0) is 4.79 Å². The second-order valence-corrected chi connectivity index (χ2v) is 7.14. The quantitative estimate of drug-likeness (QED) is 0.523. The van der Waals surface area contributed by atoms with Gasteiger partial charge in [-0.05, 0) is 25.0 Å². The Kier molecular flexibility index (Phi) is 4.70. The van der Waals surface area contributed by atoms with Gasteiger partial charge in [-0.15, -0.1) is 0 Å². The maximum absolute atomic E-state index is 12.9. The van der Waals surface area contributed by atoms with E-state index in [1.165, 1.54) is 22.7 Å². The molecule has 134 valence electrons. The van der Waals surface area contributed by atoms with Crippen molar-refractivity contribution in [1.82, 2.24) is 30.0 Å². The number of hydrogen-bond donors (Lipinski definition) is 2. The van der Waals surface area contributed by atoms with Gasteiger partial charge in [-0.25, -0.2) is 14.6 Å². The van der Waals surface area contributed by atoms with Crippen LogP contribution in [0.3, 0.4) is 0 Å². The lowest BCUT2D eigenvalue weighted by molar-refractivity contribution is -0.119. The molecule has 4 rings (SSSR count). The van der Waals surface area contributed by atoms with E-state index in [1.54, 1.807) is 18.2 Å². The number of H-pyrrole nitrogens is 1. The molecule has 0 radical (unpaired) electrons. The highest BCUT2D eigenvalue weighted by molar-refractivity contribution is 7.99. The topological polar surface area (TPSA) is 106 Å². The highest BCUT2D eigenvalue weighted by Gasteiger charge is 2.19. The summed E-state index contributed by atoms with van der Waals surface area (Å²) in [6.45, 7) is 0. The summed E-state index contributed by atoms with van der Waals surface area (Å²) in [4.78, 5) is 33.7. The van der Waals surface area contributed by atoms with Gasteiger partial charge in [0.25, 0.3) is 5.56 Å². The van der Waals surface area contributed by atoms with Crippen molar-refractivity contribution in [3.8, 4) is 5.95 Å². The number of nitrogens with zero attached hydrogens (tertiary/aromatic N) is 4. The van der Waals surface area contributed by atoms with E-state index in [-0.39, 0.29) is 29.2 Å². The average molecular weight is 370 g/mol. The fraction of sp³-hybridized carbons (Fsp3) is 0.353. The number of benzene rings is 1. The molecule has 1 aliphatic rings. The molecule has 1 fully saturated rings. The van der Waals surface area contributed by atoms with E-state index in [1.807, 2.05) is 6.07 Å². The van der Waals surface area contributed by atoms with Crippen LogP contribution in [0.4, 0.5) is 0 Å².